The van der Waals surface area contributed by atoms with Gasteiger partial charge in [-0.05, 0) is 49.2 Å². The molecule has 1 N–H and O–H groups in total. The molecule has 0 saturated heterocycles. The largest absolute Gasteiger partial charge is 0.494 e. The second-order valence-electron chi connectivity index (χ2n) is 6.13. The van der Waals surface area contributed by atoms with Gasteiger partial charge in [0.25, 0.3) is 5.91 Å². The van der Waals surface area contributed by atoms with Gasteiger partial charge in [-0.15, -0.1) is 0 Å². The van der Waals surface area contributed by atoms with E-state index in [9.17, 15) is 4.79 Å². The van der Waals surface area contributed by atoms with Crippen LogP contribution in [-0.4, -0.2) is 19.1 Å². The Labute approximate surface area is 157 Å². The molecular weight excluding hydrogens is 382 g/mol. The van der Waals surface area contributed by atoms with Crippen molar-refractivity contribution in [3.05, 3.63) is 58.1 Å². The fourth-order valence-electron chi connectivity index (χ4n) is 2.30. The van der Waals surface area contributed by atoms with Gasteiger partial charge in [0.15, 0.2) is 0 Å². The second-order valence-corrected chi connectivity index (χ2v) is 7.04. The van der Waals surface area contributed by atoms with Crippen LogP contribution < -0.4 is 10.1 Å². The van der Waals surface area contributed by atoms with Crippen molar-refractivity contribution in [3.63, 3.8) is 0 Å². The van der Waals surface area contributed by atoms with E-state index in [4.69, 9.17) is 9.47 Å². The minimum Gasteiger partial charge on any atom is -0.494 e. The molecule has 25 heavy (non-hydrogen) atoms. The minimum absolute atomic E-state index is 0.161. The zero-order valence-corrected chi connectivity index (χ0v) is 16.4. The highest BCUT2D eigenvalue weighted by molar-refractivity contribution is 9.10. The van der Waals surface area contributed by atoms with E-state index in [1.165, 1.54) is 0 Å². The Hall–Kier alpha value is -1.85. The molecule has 0 aliphatic rings. The molecule has 0 fully saturated rings. The van der Waals surface area contributed by atoms with Crippen LogP contribution in [-0.2, 0) is 11.3 Å². The first kappa shape index (κ1) is 19.5. The fourth-order valence-corrected chi connectivity index (χ4v) is 2.70. The summed E-state index contributed by atoms with van der Waals surface area (Å²) >= 11 is 3.40. The van der Waals surface area contributed by atoms with Gasteiger partial charge in [0, 0.05) is 27.9 Å². The number of nitrogens with one attached hydrogen (secondary N) is 1. The molecule has 4 nitrogen and oxygen atoms in total. The molecule has 2 rings (SSSR count). The van der Waals surface area contributed by atoms with Crippen molar-refractivity contribution in [2.75, 3.05) is 18.5 Å². The first-order valence-electron chi connectivity index (χ1n) is 8.40. The molecule has 5 heteroatoms. The molecule has 0 aliphatic carbocycles. The van der Waals surface area contributed by atoms with Crippen LogP contribution in [0.4, 0.5) is 5.69 Å². The first-order valence-corrected chi connectivity index (χ1v) is 9.19. The Morgan fingerprint density at radius 2 is 2.00 bits per heavy atom. The van der Waals surface area contributed by atoms with Crippen LogP contribution >= 0.6 is 15.9 Å². The van der Waals surface area contributed by atoms with Crippen molar-refractivity contribution >= 4 is 27.5 Å². The summed E-state index contributed by atoms with van der Waals surface area (Å²) in [4.78, 5) is 12.5. The molecule has 1 amide bonds. The number of benzene rings is 2. The Morgan fingerprint density at radius 1 is 1.20 bits per heavy atom. The molecule has 0 aromatic heterocycles. The molecule has 2 aromatic rings. The molecule has 0 saturated carbocycles. The van der Waals surface area contributed by atoms with Gasteiger partial charge < -0.3 is 14.8 Å². The average Bonchev–Trinajstić information content (AvgIpc) is 2.56. The van der Waals surface area contributed by atoms with Gasteiger partial charge in [-0.25, -0.2) is 0 Å². The molecule has 0 heterocycles. The Kier molecular flexibility index (Phi) is 7.47. The molecule has 0 radical (unpaired) electrons. The standard InChI is InChI=1S/C20H24BrNO3/c1-4-25-19-9-8-15(10-16(19)13-24-12-14(2)3)20(23)22-18-7-5-6-17(21)11-18/h5-11,14H,4,12-13H2,1-3H3,(H,22,23). The lowest BCUT2D eigenvalue weighted by atomic mass is 10.1. The SMILES string of the molecule is CCOc1ccc(C(=O)Nc2cccc(Br)c2)cc1COCC(C)C. The summed E-state index contributed by atoms with van der Waals surface area (Å²) in [5.41, 5.74) is 2.20. The molecule has 0 spiro atoms. The number of hydrogen-bond donors (Lipinski definition) is 1. The van der Waals surface area contributed by atoms with E-state index in [1.807, 2.05) is 43.3 Å². The first-order chi connectivity index (χ1) is 12.0. The summed E-state index contributed by atoms with van der Waals surface area (Å²) in [6.07, 6.45) is 0. The third kappa shape index (κ3) is 6.18. The lowest BCUT2D eigenvalue weighted by Gasteiger charge is -2.14. The van der Waals surface area contributed by atoms with Crippen LogP contribution in [0.1, 0.15) is 36.7 Å². The van der Waals surface area contributed by atoms with E-state index in [1.54, 1.807) is 6.07 Å². The molecule has 0 atom stereocenters. The number of ether oxygens (including phenoxy) is 2. The predicted molar refractivity (Wildman–Crippen MR) is 104 cm³/mol. The van der Waals surface area contributed by atoms with Crippen LogP contribution in [0, 0.1) is 5.92 Å². The third-order valence-electron chi connectivity index (χ3n) is 3.41. The summed E-state index contributed by atoms with van der Waals surface area (Å²) in [6.45, 7) is 7.80. The highest BCUT2D eigenvalue weighted by Crippen LogP contribution is 2.23. The number of halogens is 1. The lowest BCUT2D eigenvalue weighted by Crippen LogP contribution is -2.13. The fraction of sp³-hybridized carbons (Fsp3) is 0.350. The van der Waals surface area contributed by atoms with Crippen molar-refractivity contribution < 1.29 is 14.3 Å². The van der Waals surface area contributed by atoms with E-state index in [0.717, 1.165) is 21.5 Å². The lowest BCUT2D eigenvalue weighted by molar-refractivity contribution is 0.0948. The van der Waals surface area contributed by atoms with Crippen LogP contribution in [0.3, 0.4) is 0 Å². The van der Waals surface area contributed by atoms with Crippen molar-refractivity contribution in [3.8, 4) is 5.75 Å². The van der Waals surface area contributed by atoms with E-state index in [2.05, 4.69) is 35.1 Å². The number of rotatable bonds is 8. The quantitative estimate of drug-likeness (QED) is 0.650. The Morgan fingerprint density at radius 3 is 2.68 bits per heavy atom. The van der Waals surface area contributed by atoms with Crippen molar-refractivity contribution in [2.45, 2.75) is 27.4 Å². The molecule has 134 valence electrons. The molecule has 2 aromatic carbocycles. The summed E-state index contributed by atoms with van der Waals surface area (Å²) in [5.74, 6) is 1.05. The smallest absolute Gasteiger partial charge is 0.255 e. The summed E-state index contributed by atoms with van der Waals surface area (Å²) in [7, 11) is 0. The normalized spacial score (nSPS) is 10.8. The minimum atomic E-state index is -0.161. The molecular formula is C20H24BrNO3. The summed E-state index contributed by atoms with van der Waals surface area (Å²) in [6, 6.07) is 12.9. The maximum absolute atomic E-state index is 12.5. The number of hydrogen-bond acceptors (Lipinski definition) is 3. The number of carbonyl (C=O) groups excluding carboxylic acids is 1. The highest BCUT2D eigenvalue weighted by atomic mass is 79.9. The second kappa shape index (κ2) is 9.59. The summed E-state index contributed by atoms with van der Waals surface area (Å²) in [5, 5.41) is 2.90. The maximum Gasteiger partial charge on any atom is 0.255 e. The number of anilines is 1. The average molecular weight is 406 g/mol. The topological polar surface area (TPSA) is 47.6 Å². The zero-order valence-electron chi connectivity index (χ0n) is 14.8. The van der Waals surface area contributed by atoms with Gasteiger partial charge >= 0.3 is 0 Å². The van der Waals surface area contributed by atoms with Gasteiger partial charge in [-0.3, -0.25) is 4.79 Å². The van der Waals surface area contributed by atoms with Crippen molar-refractivity contribution in [1.82, 2.24) is 0 Å². The monoisotopic (exact) mass is 405 g/mol. The van der Waals surface area contributed by atoms with Gasteiger partial charge in [0.05, 0.1) is 13.2 Å². The van der Waals surface area contributed by atoms with Gasteiger partial charge in [0.1, 0.15) is 5.75 Å². The van der Waals surface area contributed by atoms with E-state index in [0.29, 0.717) is 31.3 Å². The Bertz CT molecular complexity index is 716. The van der Waals surface area contributed by atoms with E-state index >= 15 is 0 Å². The highest BCUT2D eigenvalue weighted by Gasteiger charge is 2.12. The predicted octanol–water partition coefficient (Wildman–Crippen LogP) is 5.27. The number of amides is 1. The molecule has 0 bridgehead atoms. The third-order valence-corrected chi connectivity index (χ3v) is 3.91. The van der Waals surface area contributed by atoms with Crippen LogP contribution in [0.5, 0.6) is 5.75 Å². The van der Waals surface area contributed by atoms with Crippen molar-refractivity contribution in [2.24, 2.45) is 5.92 Å². The van der Waals surface area contributed by atoms with E-state index in [-0.39, 0.29) is 5.91 Å². The molecule has 0 unspecified atom stereocenters. The van der Waals surface area contributed by atoms with Crippen LogP contribution in [0.15, 0.2) is 46.9 Å². The van der Waals surface area contributed by atoms with Crippen molar-refractivity contribution in [1.29, 1.82) is 0 Å². The Balaban J connectivity index is 2.15. The van der Waals surface area contributed by atoms with Crippen LogP contribution in [0.2, 0.25) is 0 Å². The summed E-state index contributed by atoms with van der Waals surface area (Å²) < 4.78 is 12.3. The van der Waals surface area contributed by atoms with Gasteiger partial charge in [0.2, 0.25) is 0 Å². The zero-order chi connectivity index (χ0) is 18.2. The molecule has 0 aliphatic heterocycles. The van der Waals surface area contributed by atoms with Gasteiger partial charge in [-0.2, -0.15) is 0 Å². The van der Waals surface area contributed by atoms with Gasteiger partial charge in [-0.1, -0.05) is 35.8 Å². The maximum atomic E-state index is 12.5. The number of carbonyl (C=O) groups is 1. The van der Waals surface area contributed by atoms with E-state index < -0.39 is 0 Å². The van der Waals surface area contributed by atoms with Crippen LogP contribution in [0.25, 0.3) is 0 Å².